The molecule has 0 heterocycles. The van der Waals surface area contributed by atoms with Crippen molar-refractivity contribution >= 4 is 5.91 Å². The van der Waals surface area contributed by atoms with E-state index in [-0.39, 0.29) is 17.2 Å². The number of nitrogens with two attached hydrogens (primary N) is 2. The highest BCUT2D eigenvalue weighted by atomic mass is 16.1. The van der Waals surface area contributed by atoms with Crippen LogP contribution in [0.4, 0.5) is 0 Å². The van der Waals surface area contributed by atoms with E-state index in [1.54, 1.807) is 0 Å². The number of carbonyl (C=O) groups is 1. The van der Waals surface area contributed by atoms with Crippen molar-refractivity contribution in [2.24, 2.45) is 40.6 Å². The summed E-state index contributed by atoms with van der Waals surface area (Å²) in [6, 6.07) is 0. The molecule has 4 rings (SSSR count). The fourth-order valence-electron chi connectivity index (χ4n) is 5.78. The molecule has 18 heavy (non-hydrogen) atoms. The minimum Gasteiger partial charge on any atom is -0.368 e. The first kappa shape index (κ1) is 12.5. The smallest absolute Gasteiger partial charge is 0.238 e. The van der Waals surface area contributed by atoms with Crippen molar-refractivity contribution in [1.29, 1.82) is 0 Å². The molecule has 0 spiro atoms. The van der Waals surface area contributed by atoms with Crippen molar-refractivity contribution in [2.75, 3.05) is 0 Å². The topological polar surface area (TPSA) is 69.1 Å². The zero-order valence-corrected chi connectivity index (χ0v) is 11.6. The molecule has 0 aromatic rings. The molecular weight excluding hydrogens is 224 g/mol. The Morgan fingerprint density at radius 2 is 1.50 bits per heavy atom. The molecule has 1 amide bonds. The van der Waals surface area contributed by atoms with Crippen molar-refractivity contribution < 1.29 is 4.79 Å². The second kappa shape index (κ2) is 3.72. The summed E-state index contributed by atoms with van der Waals surface area (Å²) >= 11 is 0. The van der Waals surface area contributed by atoms with Gasteiger partial charge in [-0.15, -0.1) is 0 Å². The number of rotatable bonds is 3. The summed E-state index contributed by atoms with van der Waals surface area (Å²) < 4.78 is 0. The molecule has 0 aromatic heterocycles. The lowest BCUT2D eigenvalue weighted by molar-refractivity contribution is -0.148. The normalized spacial score (nSPS) is 45.2. The lowest BCUT2D eigenvalue weighted by Gasteiger charge is -2.62. The first-order chi connectivity index (χ1) is 8.37. The van der Waals surface area contributed by atoms with Crippen LogP contribution in [0.25, 0.3) is 0 Å². The minimum atomic E-state index is -0.803. The Kier molecular flexibility index (Phi) is 2.58. The van der Waals surface area contributed by atoms with E-state index in [1.165, 1.54) is 19.3 Å². The molecule has 102 valence electrons. The van der Waals surface area contributed by atoms with E-state index in [0.717, 1.165) is 37.0 Å². The molecule has 0 radical (unpaired) electrons. The standard InChI is InChI=1S/C15H26N2O/c1-9(2)15(17,13(16)18)14-6-10-3-11(7-14)5-12(4-10)8-14/h9-12H,3-8,17H2,1-2H3,(H2,16,18). The molecule has 4 bridgehead atoms. The second-order valence-electron chi connectivity index (χ2n) is 7.59. The minimum absolute atomic E-state index is 0.00174. The van der Waals surface area contributed by atoms with Crippen molar-refractivity contribution in [1.82, 2.24) is 0 Å². The summed E-state index contributed by atoms with van der Waals surface area (Å²) in [5, 5.41) is 0. The molecular formula is C15H26N2O. The Labute approximate surface area is 110 Å². The van der Waals surface area contributed by atoms with Crippen molar-refractivity contribution in [2.45, 2.75) is 57.9 Å². The number of amides is 1. The summed E-state index contributed by atoms with van der Waals surface area (Å²) in [5.41, 5.74) is 11.5. The Morgan fingerprint density at radius 1 is 1.11 bits per heavy atom. The Morgan fingerprint density at radius 3 is 1.78 bits per heavy atom. The highest BCUT2D eigenvalue weighted by Crippen LogP contribution is 2.64. The van der Waals surface area contributed by atoms with E-state index in [1.807, 2.05) is 0 Å². The van der Waals surface area contributed by atoms with Gasteiger partial charge in [-0.2, -0.15) is 0 Å². The Bertz CT molecular complexity index is 341. The molecule has 4 aliphatic carbocycles. The average Bonchev–Trinajstić information content (AvgIpc) is 2.25. The summed E-state index contributed by atoms with van der Waals surface area (Å²) in [7, 11) is 0. The van der Waals surface area contributed by atoms with Crippen LogP contribution in [0.3, 0.4) is 0 Å². The van der Waals surface area contributed by atoms with Gasteiger partial charge in [-0.05, 0) is 67.6 Å². The maximum Gasteiger partial charge on any atom is 0.238 e. The van der Waals surface area contributed by atoms with Crippen LogP contribution in [0.2, 0.25) is 0 Å². The average molecular weight is 250 g/mol. The number of primary amides is 1. The predicted octanol–water partition coefficient (Wildman–Crippen LogP) is 2.04. The molecule has 1 atom stereocenters. The molecule has 4 saturated carbocycles. The molecule has 3 nitrogen and oxygen atoms in total. The van der Waals surface area contributed by atoms with E-state index in [2.05, 4.69) is 13.8 Å². The van der Waals surface area contributed by atoms with Gasteiger partial charge in [0.25, 0.3) is 0 Å². The first-order valence-electron chi connectivity index (χ1n) is 7.46. The highest BCUT2D eigenvalue weighted by Gasteiger charge is 2.62. The maximum absolute atomic E-state index is 12.1. The van der Waals surface area contributed by atoms with E-state index >= 15 is 0 Å². The fourth-order valence-corrected chi connectivity index (χ4v) is 5.78. The molecule has 4 aliphatic rings. The zero-order chi connectivity index (χ0) is 13.1. The van der Waals surface area contributed by atoms with Gasteiger partial charge < -0.3 is 11.5 Å². The molecule has 4 fully saturated rings. The number of carbonyl (C=O) groups excluding carboxylic acids is 1. The Hall–Kier alpha value is -0.570. The van der Waals surface area contributed by atoms with Gasteiger partial charge in [-0.1, -0.05) is 13.8 Å². The lowest BCUT2D eigenvalue weighted by Crippen LogP contribution is -2.70. The predicted molar refractivity (Wildman–Crippen MR) is 71.6 cm³/mol. The van der Waals surface area contributed by atoms with E-state index in [9.17, 15) is 4.79 Å². The van der Waals surface area contributed by atoms with Crippen LogP contribution >= 0.6 is 0 Å². The van der Waals surface area contributed by atoms with Crippen LogP contribution in [0.15, 0.2) is 0 Å². The van der Waals surface area contributed by atoms with Gasteiger partial charge in [0.05, 0.1) is 0 Å². The van der Waals surface area contributed by atoms with Gasteiger partial charge in [0.2, 0.25) is 5.91 Å². The lowest BCUT2D eigenvalue weighted by atomic mass is 9.43. The Balaban J connectivity index is 2.01. The first-order valence-corrected chi connectivity index (χ1v) is 7.46. The van der Waals surface area contributed by atoms with E-state index in [0.29, 0.717) is 0 Å². The molecule has 4 N–H and O–H groups in total. The van der Waals surface area contributed by atoms with Gasteiger partial charge in [-0.25, -0.2) is 0 Å². The summed E-state index contributed by atoms with van der Waals surface area (Å²) in [6.45, 7) is 4.12. The quantitative estimate of drug-likeness (QED) is 0.804. The molecule has 0 aliphatic heterocycles. The third-order valence-electron chi connectivity index (χ3n) is 6.23. The number of hydrogen-bond donors (Lipinski definition) is 2. The fraction of sp³-hybridized carbons (Fsp3) is 0.933. The summed E-state index contributed by atoms with van der Waals surface area (Å²) in [4.78, 5) is 12.1. The SMILES string of the molecule is CC(C)C(N)(C(N)=O)C12CC3CC(CC(C3)C1)C2. The summed E-state index contributed by atoms with van der Waals surface area (Å²) in [5.74, 6) is 2.26. The molecule has 0 aromatic carbocycles. The molecule has 3 heteroatoms. The van der Waals surface area contributed by atoms with Gasteiger partial charge >= 0.3 is 0 Å². The van der Waals surface area contributed by atoms with Crippen LogP contribution in [0.5, 0.6) is 0 Å². The van der Waals surface area contributed by atoms with Crippen LogP contribution in [0, 0.1) is 29.1 Å². The molecule has 1 unspecified atom stereocenters. The molecule has 0 saturated heterocycles. The van der Waals surface area contributed by atoms with Gasteiger partial charge in [0.15, 0.2) is 0 Å². The van der Waals surface area contributed by atoms with Crippen LogP contribution in [-0.2, 0) is 4.79 Å². The van der Waals surface area contributed by atoms with Crippen molar-refractivity contribution in [3.05, 3.63) is 0 Å². The zero-order valence-electron chi connectivity index (χ0n) is 11.6. The van der Waals surface area contributed by atoms with Crippen molar-refractivity contribution in [3.63, 3.8) is 0 Å². The van der Waals surface area contributed by atoms with Crippen LogP contribution in [0.1, 0.15) is 52.4 Å². The summed E-state index contributed by atoms with van der Waals surface area (Å²) in [6.07, 6.45) is 7.51. The third-order valence-corrected chi connectivity index (χ3v) is 6.23. The van der Waals surface area contributed by atoms with Crippen molar-refractivity contribution in [3.8, 4) is 0 Å². The number of hydrogen-bond acceptors (Lipinski definition) is 2. The monoisotopic (exact) mass is 250 g/mol. The van der Waals surface area contributed by atoms with Gasteiger partial charge in [0, 0.05) is 0 Å². The third kappa shape index (κ3) is 1.43. The maximum atomic E-state index is 12.1. The van der Waals surface area contributed by atoms with Crippen LogP contribution in [-0.4, -0.2) is 11.4 Å². The van der Waals surface area contributed by atoms with E-state index < -0.39 is 5.54 Å². The highest BCUT2D eigenvalue weighted by molar-refractivity contribution is 5.86. The van der Waals surface area contributed by atoms with E-state index in [4.69, 9.17) is 11.5 Å². The second-order valence-corrected chi connectivity index (χ2v) is 7.59. The van der Waals surface area contributed by atoms with Gasteiger partial charge in [-0.3, -0.25) is 4.79 Å². The largest absolute Gasteiger partial charge is 0.368 e. The van der Waals surface area contributed by atoms with Crippen LogP contribution < -0.4 is 11.5 Å². The van der Waals surface area contributed by atoms with Gasteiger partial charge in [0.1, 0.15) is 5.54 Å².